The van der Waals surface area contributed by atoms with Gasteiger partial charge in [0.05, 0.1) is 12.6 Å². The number of benzene rings is 1. The molecule has 1 fully saturated rings. The van der Waals surface area contributed by atoms with Gasteiger partial charge in [-0.05, 0) is 31.7 Å². The molecule has 0 saturated carbocycles. The zero-order valence-corrected chi connectivity index (χ0v) is 17.7. The molecule has 3 heterocycles. The van der Waals surface area contributed by atoms with Crippen LogP contribution in [0.15, 0.2) is 30.3 Å². The minimum Gasteiger partial charge on any atom is -0.477 e. The molecular formula is C21H21F3N4O2S. The highest BCUT2D eigenvalue weighted by molar-refractivity contribution is 7.22. The molecule has 0 aliphatic carbocycles. The lowest BCUT2D eigenvalue weighted by molar-refractivity contribution is -0.145. The fourth-order valence-corrected chi connectivity index (χ4v) is 4.71. The molecule has 1 saturated heterocycles. The number of ether oxygens (including phenoxy) is 1. The lowest BCUT2D eigenvalue weighted by Crippen LogP contribution is -2.36. The zero-order chi connectivity index (χ0) is 22.0. The van der Waals surface area contributed by atoms with Crippen LogP contribution in [0.5, 0.6) is 5.88 Å². The summed E-state index contributed by atoms with van der Waals surface area (Å²) in [5.41, 5.74) is 1.03. The second kappa shape index (κ2) is 8.78. The Morgan fingerprint density at radius 1 is 1.23 bits per heavy atom. The van der Waals surface area contributed by atoms with Gasteiger partial charge in [0.15, 0.2) is 16.6 Å². The molecule has 1 aromatic carbocycles. The molecule has 0 spiro atoms. The van der Waals surface area contributed by atoms with E-state index in [1.165, 1.54) is 0 Å². The maximum Gasteiger partial charge on any atom is 0.451 e. The van der Waals surface area contributed by atoms with E-state index in [4.69, 9.17) is 4.74 Å². The van der Waals surface area contributed by atoms with Crippen LogP contribution in [0.4, 0.5) is 18.3 Å². The summed E-state index contributed by atoms with van der Waals surface area (Å²) in [6.45, 7) is 2.46. The van der Waals surface area contributed by atoms with Crippen LogP contribution < -0.4 is 9.64 Å². The van der Waals surface area contributed by atoms with Crippen LogP contribution in [-0.4, -0.2) is 39.9 Å². The van der Waals surface area contributed by atoms with E-state index in [0.29, 0.717) is 35.6 Å². The van der Waals surface area contributed by atoms with Crippen molar-refractivity contribution < 1.29 is 22.7 Å². The van der Waals surface area contributed by atoms with Gasteiger partial charge in [-0.3, -0.25) is 4.79 Å². The number of halogens is 3. The van der Waals surface area contributed by atoms with Gasteiger partial charge in [0.1, 0.15) is 4.70 Å². The number of rotatable bonds is 7. The second-order valence-electron chi connectivity index (χ2n) is 7.24. The number of fused-ring (bicyclic) bond motifs is 1. The minimum absolute atomic E-state index is 0.0619. The first-order valence-corrected chi connectivity index (χ1v) is 10.9. The summed E-state index contributed by atoms with van der Waals surface area (Å²) in [5, 5.41) is 0.472. The Labute approximate surface area is 181 Å². The Morgan fingerprint density at radius 2 is 2.00 bits per heavy atom. The number of carbonyl (C=O) groups is 1. The number of hydrogen-bond donors (Lipinski definition) is 0. The van der Waals surface area contributed by atoms with E-state index < -0.39 is 12.0 Å². The predicted molar refractivity (Wildman–Crippen MR) is 112 cm³/mol. The topological polar surface area (TPSA) is 68.2 Å². The summed E-state index contributed by atoms with van der Waals surface area (Å²) in [5.74, 6) is -1.31. The third kappa shape index (κ3) is 4.63. The minimum atomic E-state index is -4.70. The number of ketones is 1. The molecule has 0 bridgehead atoms. The third-order valence-electron chi connectivity index (χ3n) is 5.12. The third-order valence-corrected chi connectivity index (χ3v) is 6.19. The highest BCUT2D eigenvalue weighted by Crippen LogP contribution is 2.39. The molecule has 0 N–H and O–H groups in total. The van der Waals surface area contributed by atoms with Crippen molar-refractivity contribution in [2.75, 3.05) is 18.1 Å². The van der Waals surface area contributed by atoms with E-state index in [2.05, 4.69) is 15.0 Å². The SMILES string of the molecule is CCOc1nc(C(F)(F)F)nc2nc(N3CCC[C@@H]3C(=O)CCc3ccccc3)sc12. The van der Waals surface area contributed by atoms with E-state index in [-0.39, 0.29) is 30.0 Å². The van der Waals surface area contributed by atoms with Crippen LogP contribution in [0.2, 0.25) is 0 Å². The molecule has 1 atom stereocenters. The quantitative estimate of drug-likeness (QED) is 0.521. The molecule has 2 aromatic heterocycles. The number of aromatic nitrogens is 3. The van der Waals surface area contributed by atoms with Crippen molar-refractivity contribution in [1.29, 1.82) is 0 Å². The molecule has 1 aliphatic rings. The van der Waals surface area contributed by atoms with Crippen LogP contribution in [0, 0.1) is 0 Å². The largest absolute Gasteiger partial charge is 0.477 e. The second-order valence-corrected chi connectivity index (χ2v) is 8.21. The zero-order valence-electron chi connectivity index (χ0n) is 16.9. The molecule has 1 aliphatic heterocycles. The predicted octanol–water partition coefficient (Wildman–Crippen LogP) is 4.67. The summed E-state index contributed by atoms with van der Waals surface area (Å²) >= 11 is 1.16. The number of carbonyl (C=O) groups excluding carboxylic acids is 1. The Balaban J connectivity index is 1.59. The van der Waals surface area contributed by atoms with Crippen LogP contribution in [0.25, 0.3) is 10.3 Å². The first-order valence-electron chi connectivity index (χ1n) is 10.1. The highest BCUT2D eigenvalue weighted by Gasteiger charge is 2.37. The van der Waals surface area contributed by atoms with E-state index in [1.807, 2.05) is 35.2 Å². The first kappa shape index (κ1) is 21.5. The number of alkyl halides is 3. The van der Waals surface area contributed by atoms with E-state index in [1.54, 1.807) is 6.92 Å². The summed E-state index contributed by atoms with van der Waals surface area (Å²) < 4.78 is 45.2. The maximum atomic E-state index is 13.2. The fourth-order valence-electron chi connectivity index (χ4n) is 3.68. The van der Waals surface area contributed by atoms with Crippen molar-refractivity contribution in [3.05, 3.63) is 41.7 Å². The lowest BCUT2D eigenvalue weighted by Gasteiger charge is -2.22. The molecule has 0 unspecified atom stereocenters. The van der Waals surface area contributed by atoms with Crippen LogP contribution >= 0.6 is 11.3 Å². The van der Waals surface area contributed by atoms with Crippen molar-refractivity contribution in [3.63, 3.8) is 0 Å². The molecule has 164 valence electrons. The maximum absolute atomic E-state index is 13.2. The Hall–Kier alpha value is -2.75. The molecule has 0 radical (unpaired) electrons. The van der Waals surface area contributed by atoms with Gasteiger partial charge in [0.25, 0.3) is 0 Å². The summed E-state index contributed by atoms with van der Waals surface area (Å²) in [4.78, 5) is 26.3. The normalized spacial score (nSPS) is 16.8. The van der Waals surface area contributed by atoms with Gasteiger partial charge < -0.3 is 9.64 Å². The number of nitrogens with zero attached hydrogens (tertiary/aromatic N) is 4. The van der Waals surface area contributed by atoms with Gasteiger partial charge in [0.2, 0.25) is 11.7 Å². The van der Waals surface area contributed by atoms with E-state index in [0.717, 1.165) is 23.3 Å². The number of aryl methyl sites for hydroxylation is 1. The van der Waals surface area contributed by atoms with E-state index in [9.17, 15) is 18.0 Å². The number of hydrogen-bond acceptors (Lipinski definition) is 7. The Morgan fingerprint density at radius 3 is 2.71 bits per heavy atom. The van der Waals surface area contributed by atoms with Crippen LogP contribution in [0.1, 0.15) is 37.6 Å². The van der Waals surface area contributed by atoms with Gasteiger partial charge in [-0.15, -0.1) is 0 Å². The molecule has 31 heavy (non-hydrogen) atoms. The number of thiazole rings is 1. The lowest BCUT2D eigenvalue weighted by atomic mass is 10.0. The monoisotopic (exact) mass is 450 g/mol. The van der Waals surface area contributed by atoms with Crippen LogP contribution in [0.3, 0.4) is 0 Å². The van der Waals surface area contributed by atoms with Crippen molar-refractivity contribution in [1.82, 2.24) is 15.0 Å². The van der Waals surface area contributed by atoms with Crippen molar-refractivity contribution >= 4 is 32.6 Å². The van der Waals surface area contributed by atoms with Gasteiger partial charge in [-0.25, -0.2) is 4.98 Å². The van der Waals surface area contributed by atoms with Gasteiger partial charge in [-0.2, -0.15) is 23.1 Å². The number of anilines is 1. The van der Waals surface area contributed by atoms with Crippen molar-refractivity contribution in [3.8, 4) is 5.88 Å². The molecular weight excluding hydrogens is 429 g/mol. The average Bonchev–Trinajstić information content (AvgIpc) is 3.39. The summed E-state index contributed by atoms with van der Waals surface area (Å²) in [6, 6.07) is 9.44. The Bertz CT molecular complexity index is 1070. The van der Waals surface area contributed by atoms with Gasteiger partial charge in [0, 0.05) is 13.0 Å². The summed E-state index contributed by atoms with van der Waals surface area (Å²) in [7, 11) is 0. The fraction of sp³-hybridized carbons (Fsp3) is 0.429. The van der Waals surface area contributed by atoms with Gasteiger partial charge >= 0.3 is 6.18 Å². The van der Waals surface area contributed by atoms with Crippen LogP contribution in [-0.2, 0) is 17.4 Å². The molecule has 10 heteroatoms. The van der Waals surface area contributed by atoms with Crippen molar-refractivity contribution in [2.24, 2.45) is 0 Å². The standard InChI is InChI=1S/C21H21F3N4O2S/c1-2-30-18-16-17(25-19(27-18)21(22,23)24)26-20(31-16)28-12-6-9-14(28)15(29)11-10-13-7-4-3-5-8-13/h3-5,7-8,14H,2,6,9-12H2,1H3/t14-/m1/s1. The van der Waals surface area contributed by atoms with E-state index >= 15 is 0 Å². The van der Waals surface area contributed by atoms with Gasteiger partial charge in [-0.1, -0.05) is 41.7 Å². The first-order chi connectivity index (χ1) is 14.9. The smallest absolute Gasteiger partial charge is 0.451 e. The van der Waals surface area contributed by atoms with Crippen molar-refractivity contribution in [2.45, 2.75) is 44.8 Å². The molecule has 6 nitrogen and oxygen atoms in total. The highest BCUT2D eigenvalue weighted by atomic mass is 32.1. The molecule has 4 rings (SSSR count). The average molecular weight is 450 g/mol. The number of Topliss-reactive ketones (excluding diaryl/α,β-unsaturated/α-hetero) is 1. The summed E-state index contributed by atoms with van der Waals surface area (Å²) in [6.07, 6.45) is -2.14. The molecule has 3 aromatic rings. The Kier molecular flexibility index (Phi) is 6.08. The molecule has 0 amide bonds.